The molecule has 1 aliphatic rings. The average Bonchev–Trinajstić information content (AvgIpc) is 2.78. The third-order valence-electron chi connectivity index (χ3n) is 6.71. The van der Waals surface area contributed by atoms with Crippen molar-refractivity contribution in [3.05, 3.63) is 65.7 Å². The Hall–Kier alpha value is -2.33. The molecular weight excluding hydrogens is 394 g/mol. The van der Waals surface area contributed by atoms with Crippen LogP contribution in [-0.4, -0.2) is 41.0 Å². The molecule has 2 aromatic rings. The molecule has 0 radical (unpaired) electrons. The van der Waals surface area contributed by atoms with E-state index in [0.29, 0.717) is 12.6 Å². The van der Waals surface area contributed by atoms with Crippen LogP contribution in [0.3, 0.4) is 0 Å². The van der Waals surface area contributed by atoms with E-state index >= 15 is 0 Å². The predicted octanol–water partition coefficient (Wildman–Crippen LogP) is 6.67. The van der Waals surface area contributed by atoms with Gasteiger partial charge in [-0.25, -0.2) is 4.79 Å². The van der Waals surface area contributed by atoms with Gasteiger partial charge in [0.15, 0.2) is 0 Å². The molecule has 4 heteroatoms. The lowest BCUT2D eigenvalue weighted by molar-refractivity contribution is 0.0989. The monoisotopic (exact) mass is 435 g/mol. The fraction of sp³-hybridized carbons (Fsp3) is 0.536. The van der Waals surface area contributed by atoms with Gasteiger partial charge < -0.3 is 15.1 Å². The lowest BCUT2D eigenvalue weighted by atomic mass is 9.87. The van der Waals surface area contributed by atoms with E-state index in [9.17, 15) is 4.79 Å². The Morgan fingerprint density at radius 2 is 1.78 bits per heavy atom. The van der Waals surface area contributed by atoms with Gasteiger partial charge in [-0.1, -0.05) is 76.6 Å². The number of anilines is 1. The van der Waals surface area contributed by atoms with Gasteiger partial charge in [-0.3, -0.25) is 0 Å². The largest absolute Gasteiger partial charge is 0.322 e. The molecule has 2 amide bonds. The van der Waals surface area contributed by atoms with Crippen LogP contribution in [0.15, 0.2) is 54.6 Å². The molecule has 0 bridgehead atoms. The molecule has 0 spiro atoms. The Bertz CT molecular complexity index is 850. The van der Waals surface area contributed by atoms with E-state index in [2.05, 4.69) is 74.0 Å². The summed E-state index contributed by atoms with van der Waals surface area (Å²) in [5, 5.41) is 3.20. The van der Waals surface area contributed by atoms with Crippen LogP contribution in [0, 0.1) is 0 Å². The summed E-state index contributed by atoms with van der Waals surface area (Å²) in [5.41, 5.74) is 3.32. The van der Waals surface area contributed by atoms with E-state index in [1.54, 1.807) is 0 Å². The third-order valence-corrected chi connectivity index (χ3v) is 6.71. The fourth-order valence-corrected chi connectivity index (χ4v) is 4.64. The van der Waals surface area contributed by atoms with Crippen LogP contribution in [0.25, 0.3) is 0 Å². The van der Waals surface area contributed by atoms with E-state index in [1.807, 2.05) is 30.3 Å². The van der Waals surface area contributed by atoms with Crippen LogP contribution >= 0.6 is 0 Å². The molecule has 1 heterocycles. The molecule has 0 aromatic heterocycles. The minimum atomic E-state index is -0.0000288. The molecule has 1 fully saturated rings. The Morgan fingerprint density at radius 3 is 2.41 bits per heavy atom. The molecule has 4 nitrogen and oxygen atoms in total. The summed E-state index contributed by atoms with van der Waals surface area (Å²) in [5.74, 6) is 0. The van der Waals surface area contributed by atoms with Crippen molar-refractivity contribution < 1.29 is 4.79 Å². The van der Waals surface area contributed by atoms with E-state index in [0.717, 1.165) is 31.6 Å². The van der Waals surface area contributed by atoms with Crippen molar-refractivity contribution in [2.75, 3.05) is 18.4 Å². The molecule has 1 N–H and O–H groups in total. The van der Waals surface area contributed by atoms with Crippen LogP contribution in [0.5, 0.6) is 0 Å². The van der Waals surface area contributed by atoms with Gasteiger partial charge in [0.1, 0.15) is 0 Å². The summed E-state index contributed by atoms with van der Waals surface area (Å²) in [4.78, 5) is 18.1. The van der Waals surface area contributed by atoms with Gasteiger partial charge >= 0.3 is 6.03 Å². The molecule has 1 saturated heterocycles. The first-order valence-corrected chi connectivity index (χ1v) is 12.2. The lowest BCUT2D eigenvalue weighted by Crippen LogP contribution is -2.50. The van der Waals surface area contributed by atoms with Crippen molar-refractivity contribution in [1.82, 2.24) is 9.80 Å². The number of amides is 2. The second-order valence-corrected chi connectivity index (χ2v) is 10.3. The normalized spacial score (nSPS) is 16.5. The number of carbonyl (C=O) groups excluding carboxylic acids is 1. The van der Waals surface area contributed by atoms with Crippen molar-refractivity contribution in [3.63, 3.8) is 0 Å². The topological polar surface area (TPSA) is 35.6 Å². The standard InChI is InChI=1S/C28H41N3O/c1-6-11-22(2)30-18-16-26(17-19-30)31(21-23-12-8-7-9-13-23)27(32)29-25-15-10-14-24(20-25)28(3,4)5/h7-10,12-15,20,22,26H,6,11,16-19,21H2,1-5H3,(H,29,32). The van der Waals surface area contributed by atoms with Crippen LogP contribution in [0.2, 0.25) is 0 Å². The molecule has 1 unspecified atom stereocenters. The molecule has 32 heavy (non-hydrogen) atoms. The van der Waals surface area contributed by atoms with E-state index < -0.39 is 0 Å². The molecule has 174 valence electrons. The second kappa shape index (κ2) is 11.0. The number of benzene rings is 2. The summed E-state index contributed by atoms with van der Waals surface area (Å²) in [6.07, 6.45) is 4.51. The number of hydrogen-bond donors (Lipinski definition) is 1. The van der Waals surface area contributed by atoms with Crippen LogP contribution in [0.4, 0.5) is 10.5 Å². The number of carbonyl (C=O) groups is 1. The van der Waals surface area contributed by atoms with Gasteiger partial charge in [-0.2, -0.15) is 0 Å². The minimum absolute atomic E-state index is 0.0000288. The third kappa shape index (κ3) is 6.59. The van der Waals surface area contributed by atoms with E-state index in [-0.39, 0.29) is 17.5 Å². The maximum absolute atomic E-state index is 13.5. The minimum Gasteiger partial charge on any atom is -0.317 e. The maximum atomic E-state index is 13.5. The molecule has 1 aliphatic heterocycles. The fourth-order valence-electron chi connectivity index (χ4n) is 4.64. The average molecular weight is 436 g/mol. The lowest BCUT2D eigenvalue weighted by Gasteiger charge is -2.40. The van der Waals surface area contributed by atoms with Gasteiger partial charge in [-0.15, -0.1) is 0 Å². The smallest absolute Gasteiger partial charge is 0.317 e. The zero-order valence-corrected chi connectivity index (χ0v) is 20.6. The maximum Gasteiger partial charge on any atom is 0.322 e. The predicted molar refractivity (Wildman–Crippen MR) is 135 cm³/mol. The van der Waals surface area contributed by atoms with Gasteiger partial charge in [0, 0.05) is 37.4 Å². The first-order valence-electron chi connectivity index (χ1n) is 12.2. The zero-order chi connectivity index (χ0) is 23.1. The first-order chi connectivity index (χ1) is 15.3. The molecular formula is C28H41N3O. The summed E-state index contributed by atoms with van der Waals surface area (Å²) < 4.78 is 0. The van der Waals surface area contributed by atoms with Gasteiger partial charge in [0.25, 0.3) is 0 Å². The number of likely N-dealkylation sites (tertiary alicyclic amines) is 1. The Morgan fingerprint density at radius 1 is 1.09 bits per heavy atom. The van der Waals surface area contributed by atoms with Crippen LogP contribution in [-0.2, 0) is 12.0 Å². The Kier molecular flexibility index (Phi) is 8.36. The van der Waals surface area contributed by atoms with Crippen LogP contribution < -0.4 is 5.32 Å². The van der Waals surface area contributed by atoms with Crippen molar-refractivity contribution in [3.8, 4) is 0 Å². The number of piperidine rings is 1. The second-order valence-electron chi connectivity index (χ2n) is 10.3. The van der Waals surface area contributed by atoms with E-state index in [4.69, 9.17) is 0 Å². The molecule has 0 saturated carbocycles. The highest BCUT2D eigenvalue weighted by molar-refractivity contribution is 5.89. The molecule has 3 rings (SSSR count). The molecule has 1 atom stereocenters. The molecule has 2 aromatic carbocycles. The number of nitrogens with one attached hydrogen (secondary N) is 1. The summed E-state index contributed by atoms with van der Waals surface area (Å²) >= 11 is 0. The quantitative estimate of drug-likeness (QED) is 0.527. The van der Waals surface area contributed by atoms with Gasteiger partial charge in [0.2, 0.25) is 0 Å². The highest BCUT2D eigenvalue weighted by Crippen LogP contribution is 2.26. The van der Waals surface area contributed by atoms with E-state index in [1.165, 1.54) is 24.0 Å². The first kappa shape index (κ1) is 24.3. The Labute approximate surface area is 195 Å². The zero-order valence-electron chi connectivity index (χ0n) is 20.6. The van der Waals surface area contributed by atoms with Crippen LogP contribution in [0.1, 0.15) is 71.4 Å². The van der Waals surface area contributed by atoms with Crippen molar-refractivity contribution >= 4 is 11.7 Å². The van der Waals surface area contributed by atoms with Crippen molar-refractivity contribution in [1.29, 1.82) is 0 Å². The highest BCUT2D eigenvalue weighted by atomic mass is 16.2. The summed E-state index contributed by atoms with van der Waals surface area (Å²) in [6, 6.07) is 19.5. The summed E-state index contributed by atoms with van der Waals surface area (Å²) in [7, 11) is 0. The number of rotatable bonds is 7. The SMILES string of the molecule is CCCC(C)N1CCC(N(Cc2ccccc2)C(=O)Nc2cccc(C(C)(C)C)c2)CC1. The molecule has 0 aliphatic carbocycles. The Balaban J connectivity index is 1.74. The van der Waals surface area contributed by atoms with Crippen molar-refractivity contribution in [2.45, 2.75) is 84.3 Å². The highest BCUT2D eigenvalue weighted by Gasteiger charge is 2.29. The van der Waals surface area contributed by atoms with Crippen molar-refractivity contribution in [2.24, 2.45) is 0 Å². The number of hydrogen-bond acceptors (Lipinski definition) is 2. The number of urea groups is 1. The number of nitrogens with zero attached hydrogens (tertiary/aromatic N) is 2. The van der Waals surface area contributed by atoms with Gasteiger partial charge in [-0.05, 0) is 54.9 Å². The van der Waals surface area contributed by atoms with Gasteiger partial charge in [0.05, 0.1) is 0 Å². The summed E-state index contributed by atoms with van der Waals surface area (Å²) in [6.45, 7) is 13.9.